The van der Waals surface area contributed by atoms with E-state index in [1.165, 1.54) is 16.9 Å². The highest BCUT2D eigenvalue weighted by molar-refractivity contribution is 7.13. The summed E-state index contributed by atoms with van der Waals surface area (Å²) >= 11 is 1.48. The molecule has 0 aliphatic heterocycles. The molecule has 1 heterocycles. The lowest BCUT2D eigenvalue weighted by molar-refractivity contribution is 0.465. The van der Waals surface area contributed by atoms with E-state index < -0.39 is 0 Å². The van der Waals surface area contributed by atoms with Gasteiger partial charge in [-0.25, -0.2) is 0 Å². The Kier molecular flexibility index (Phi) is 4.50. The van der Waals surface area contributed by atoms with E-state index in [4.69, 9.17) is 4.74 Å². The number of rotatable bonds is 5. The Labute approximate surface area is 117 Å². The van der Waals surface area contributed by atoms with E-state index in [0.29, 0.717) is 5.19 Å². The van der Waals surface area contributed by atoms with Crippen LogP contribution in [0.25, 0.3) is 0 Å². The molecule has 0 amide bonds. The van der Waals surface area contributed by atoms with Crippen molar-refractivity contribution in [3.05, 3.63) is 33.8 Å². The maximum absolute atomic E-state index is 5.90. The van der Waals surface area contributed by atoms with Gasteiger partial charge in [0.15, 0.2) is 0 Å². The van der Waals surface area contributed by atoms with Crippen molar-refractivity contribution in [3.8, 4) is 10.9 Å². The quantitative estimate of drug-likeness (QED) is 0.910. The summed E-state index contributed by atoms with van der Waals surface area (Å²) in [5.41, 5.74) is 3.49. The highest BCUT2D eigenvalue weighted by Crippen LogP contribution is 2.32. The molecule has 0 saturated heterocycles. The van der Waals surface area contributed by atoms with Gasteiger partial charge in [-0.15, -0.1) is 5.10 Å². The van der Waals surface area contributed by atoms with Gasteiger partial charge >= 0.3 is 0 Å². The first-order valence-corrected chi connectivity index (χ1v) is 7.21. The monoisotopic (exact) mass is 277 g/mol. The molecule has 0 fully saturated rings. The number of hydrogen-bond donors (Lipinski definition) is 1. The molecule has 1 aromatic heterocycles. The van der Waals surface area contributed by atoms with E-state index in [2.05, 4.69) is 48.4 Å². The molecule has 0 aliphatic rings. The van der Waals surface area contributed by atoms with Gasteiger partial charge in [-0.2, -0.15) is 0 Å². The number of nitrogens with one attached hydrogen (secondary N) is 1. The molecule has 2 rings (SSSR count). The zero-order chi connectivity index (χ0) is 13.8. The fraction of sp³-hybridized carbons (Fsp3) is 0.429. The van der Waals surface area contributed by atoms with Crippen molar-refractivity contribution >= 4 is 11.3 Å². The predicted molar refractivity (Wildman–Crippen MR) is 78.0 cm³/mol. The highest BCUT2D eigenvalue weighted by Gasteiger charge is 2.11. The van der Waals surface area contributed by atoms with Crippen LogP contribution >= 0.6 is 11.3 Å². The molecule has 1 N–H and O–H groups in total. The molecule has 2 aromatic rings. The van der Waals surface area contributed by atoms with Crippen LogP contribution in [0.3, 0.4) is 0 Å². The number of ether oxygens (including phenoxy) is 1. The van der Waals surface area contributed by atoms with Gasteiger partial charge in [0, 0.05) is 6.54 Å². The molecule has 0 bridgehead atoms. The first-order valence-electron chi connectivity index (χ1n) is 6.39. The Morgan fingerprint density at radius 1 is 1.16 bits per heavy atom. The Morgan fingerprint density at radius 3 is 2.63 bits per heavy atom. The van der Waals surface area contributed by atoms with Gasteiger partial charge in [0.2, 0.25) is 0 Å². The lowest BCUT2D eigenvalue weighted by Crippen LogP contribution is -2.11. The minimum Gasteiger partial charge on any atom is -0.429 e. The fourth-order valence-corrected chi connectivity index (χ4v) is 2.42. The van der Waals surface area contributed by atoms with Crippen LogP contribution in [0.1, 0.15) is 28.6 Å². The van der Waals surface area contributed by atoms with Crippen LogP contribution < -0.4 is 10.1 Å². The predicted octanol–water partition coefficient (Wildman–Crippen LogP) is 3.37. The summed E-state index contributed by atoms with van der Waals surface area (Å²) in [5.74, 6) is 0.895. The van der Waals surface area contributed by atoms with Gasteiger partial charge in [-0.1, -0.05) is 35.5 Å². The lowest BCUT2D eigenvalue weighted by Gasteiger charge is -2.10. The molecule has 4 nitrogen and oxygen atoms in total. The van der Waals surface area contributed by atoms with Crippen LogP contribution in [0, 0.1) is 20.8 Å². The summed E-state index contributed by atoms with van der Waals surface area (Å²) in [6.07, 6.45) is 0. The van der Waals surface area contributed by atoms with Crippen molar-refractivity contribution in [2.75, 3.05) is 6.54 Å². The number of nitrogens with zero attached hydrogens (tertiary/aromatic N) is 2. The van der Waals surface area contributed by atoms with E-state index >= 15 is 0 Å². The van der Waals surface area contributed by atoms with Crippen LogP contribution in [0.5, 0.6) is 10.9 Å². The SMILES string of the molecule is CCNCc1nnc(Oc2c(C)ccc(C)c2C)s1. The van der Waals surface area contributed by atoms with Gasteiger partial charge in [0.25, 0.3) is 5.19 Å². The lowest BCUT2D eigenvalue weighted by atomic mass is 10.1. The summed E-state index contributed by atoms with van der Waals surface area (Å²) in [6.45, 7) is 9.92. The molecule has 0 saturated carbocycles. The standard InChI is InChI=1S/C14H19N3OS/c1-5-15-8-12-16-17-14(19-12)18-13-10(3)7-6-9(2)11(13)4/h6-7,15H,5,8H2,1-4H3. The summed E-state index contributed by atoms with van der Waals surface area (Å²) in [7, 11) is 0. The Bertz CT molecular complexity index is 566. The van der Waals surface area contributed by atoms with Crippen molar-refractivity contribution in [2.24, 2.45) is 0 Å². The third kappa shape index (κ3) is 3.30. The van der Waals surface area contributed by atoms with Crippen LogP contribution in [-0.2, 0) is 6.54 Å². The normalized spacial score (nSPS) is 10.7. The smallest absolute Gasteiger partial charge is 0.299 e. The molecule has 0 spiro atoms. The summed E-state index contributed by atoms with van der Waals surface area (Å²) in [6, 6.07) is 4.17. The van der Waals surface area contributed by atoms with Crippen LogP contribution in [0.15, 0.2) is 12.1 Å². The second-order valence-electron chi connectivity index (χ2n) is 4.50. The second kappa shape index (κ2) is 6.12. The number of benzene rings is 1. The van der Waals surface area contributed by atoms with Gasteiger partial charge in [-0.05, 0) is 44.0 Å². The second-order valence-corrected chi connectivity index (χ2v) is 5.52. The third-order valence-corrected chi connectivity index (χ3v) is 3.84. The van der Waals surface area contributed by atoms with E-state index in [1.54, 1.807) is 0 Å². The van der Waals surface area contributed by atoms with E-state index in [-0.39, 0.29) is 0 Å². The minimum atomic E-state index is 0.602. The number of aryl methyl sites for hydroxylation is 2. The molecule has 1 aromatic carbocycles. The zero-order valence-corrected chi connectivity index (χ0v) is 12.6. The highest BCUT2D eigenvalue weighted by atomic mass is 32.1. The minimum absolute atomic E-state index is 0.602. The van der Waals surface area contributed by atoms with Crippen LogP contribution in [0.4, 0.5) is 0 Å². The molecule has 102 valence electrons. The average Bonchev–Trinajstić information content (AvgIpc) is 2.84. The van der Waals surface area contributed by atoms with Crippen LogP contribution in [0.2, 0.25) is 0 Å². The van der Waals surface area contributed by atoms with Gasteiger partial charge < -0.3 is 10.1 Å². The van der Waals surface area contributed by atoms with Crippen molar-refractivity contribution in [1.29, 1.82) is 0 Å². The van der Waals surface area contributed by atoms with E-state index in [9.17, 15) is 0 Å². The molecular formula is C14H19N3OS. The molecule has 19 heavy (non-hydrogen) atoms. The average molecular weight is 277 g/mol. The maximum atomic E-state index is 5.90. The van der Waals surface area contributed by atoms with Gasteiger partial charge in [-0.3, -0.25) is 0 Å². The van der Waals surface area contributed by atoms with Crippen molar-refractivity contribution in [3.63, 3.8) is 0 Å². The summed E-state index contributed by atoms with van der Waals surface area (Å²) < 4.78 is 5.90. The number of hydrogen-bond acceptors (Lipinski definition) is 5. The van der Waals surface area contributed by atoms with Crippen molar-refractivity contribution in [1.82, 2.24) is 15.5 Å². The number of aromatic nitrogens is 2. The molecule has 0 atom stereocenters. The third-order valence-electron chi connectivity index (χ3n) is 3.04. The topological polar surface area (TPSA) is 47.0 Å². The molecule has 0 radical (unpaired) electrons. The van der Waals surface area contributed by atoms with Crippen molar-refractivity contribution < 1.29 is 4.74 Å². The molecular weight excluding hydrogens is 258 g/mol. The van der Waals surface area contributed by atoms with E-state index in [1.807, 2.05) is 6.92 Å². The first-order chi connectivity index (χ1) is 9.11. The maximum Gasteiger partial charge on any atom is 0.299 e. The summed E-state index contributed by atoms with van der Waals surface area (Å²) in [4.78, 5) is 0. The van der Waals surface area contributed by atoms with Gasteiger partial charge in [0.1, 0.15) is 10.8 Å². The molecule has 5 heteroatoms. The first kappa shape index (κ1) is 14.0. The zero-order valence-electron chi connectivity index (χ0n) is 11.8. The fourth-order valence-electron chi connectivity index (χ4n) is 1.75. The Balaban J connectivity index is 2.17. The van der Waals surface area contributed by atoms with Crippen LogP contribution in [-0.4, -0.2) is 16.7 Å². The van der Waals surface area contributed by atoms with Crippen molar-refractivity contribution in [2.45, 2.75) is 34.2 Å². The summed E-state index contributed by atoms with van der Waals surface area (Å²) in [5, 5.41) is 13.0. The molecule has 0 aliphatic carbocycles. The molecule has 0 unspecified atom stereocenters. The van der Waals surface area contributed by atoms with E-state index in [0.717, 1.165) is 35.0 Å². The van der Waals surface area contributed by atoms with Gasteiger partial charge in [0.05, 0.1) is 0 Å². The largest absolute Gasteiger partial charge is 0.429 e. The Morgan fingerprint density at radius 2 is 1.89 bits per heavy atom. The Hall–Kier alpha value is -1.46.